The number of hydrogen-bond donors (Lipinski definition) is 1. The number of nitrogen functional groups attached to an aromatic ring is 1. The van der Waals surface area contributed by atoms with E-state index >= 15 is 0 Å². The van der Waals surface area contributed by atoms with Crippen molar-refractivity contribution in [2.45, 2.75) is 44.7 Å². The molecule has 1 aliphatic carbocycles. The highest BCUT2D eigenvalue weighted by Crippen LogP contribution is 2.39. The summed E-state index contributed by atoms with van der Waals surface area (Å²) in [6, 6.07) is 14.0. The normalized spacial score (nSPS) is 20.2. The van der Waals surface area contributed by atoms with Crippen LogP contribution >= 0.6 is 0 Å². The molecule has 2 aromatic carbocycles. The molecule has 2 aromatic heterocycles. The van der Waals surface area contributed by atoms with Crippen molar-refractivity contribution in [3.63, 3.8) is 0 Å². The van der Waals surface area contributed by atoms with Crippen molar-refractivity contribution in [1.82, 2.24) is 19.7 Å². The lowest BCUT2D eigenvalue weighted by Crippen LogP contribution is -2.23. The van der Waals surface area contributed by atoms with Gasteiger partial charge in [-0.2, -0.15) is 5.10 Å². The minimum atomic E-state index is -0.0741. The number of carbonyl (C=O) groups is 2. The molecule has 0 bridgehead atoms. The Bertz CT molecular complexity index is 1730. The highest BCUT2D eigenvalue weighted by Gasteiger charge is 2.31. The maximum Gasteiger partial charge on any atom is 0.258 e. The molecule has 2 unspecified atom stereocenters. The molecule has 4 heterocycles. The fourth-order valence-corrected chi connectivity index (χ4v) is 6.64. The minimum Gasteiger partial charge on any atom is -0.383 e. The van der Waals surface area contributed by atoms with E-state index < -0.39 is 0 Å². The van der Waals surface area contributed by atoms with Crippen molar-refractivity contribution in [3.8, 4) is 11.3 Å². The predicted octanol–water partition coefficient (Wildman–Crippen LogP) is 5.49. The van der Waals surface area contributed by atoms with Crippen LogP contribution in [0.4, 0.5) is 17.2 Å². The van der Waals surface area contributed by atoms with E-state index in [9.17, 15) is 9.59 Å². The zero-order valence-electron chi connectivity index (χ0n) is 23.4. The van der Waals surface area contributed by atoms with E-state index in [0.29, 0.717) is 41.1 Å². The second-order valence-corrected chi connectivity index (χ2v) is 11.4. The molecule has 4 aromatic rings. The van der Waals surface area contributed by atoms with Gasteiger partial charge in [0.2, 0.25) is 0 Å². The van der Waals surface area contributed by atoms with Crippen LogP contribution in [0.3, 0.4) is 0 Å². The summed E-state index contributed by atoms with van der Waals surface area (Å²) in [6.45, 7) is 6.00. The number of ketones is 1. The fourth-order valence-electron chi connectivity index (χ4n) is 6.64. The summed E-state index contributed by atoms with van der Waals surface area (Å²) in [6.07, 6.45) is 11.7. The molecule has 42 heavy (non-hydrogen) atoms. The Labute approximate surface area is 244 Å². The first-order valence-electron chi connectivity index (χ1n) is 14.6. The first-order valence-corrected chi connectivity index (χ1v) is 14.6. The smallest absolute Gasteiger partial charge is 0.258 e. The van der Waals surface area contributed by atoms with Crippen molar-refractivity contribution in [1.29, 1.82) is 0 Å². The Balaban J connectivity index is 1.21. The van der Waals surface area contributed by atoms with Crippen LogP contribution in [0.2, 0.25) is 0 Å². The molecule has 0 spiro atoms. The third kappa shape index (κ3) is 4.45. The average Bonchev–Trinajstić information content (AvgIpc) is 3.72. The van der Waals surface area contributed by atoms with Crippen LogP contribution in [0.1, 0.15) is 54.1 Å². The lowest BCUT2D eigenvalue weighted by Gasteiger charge is -2.20. The quantitative estimate of drug-likeness (QED) is 0.189. The first-order chi connectivity index (χ1) is 20.5. The standard InChI is InChI=1S/C33H33N7O2/c1-2-28(41)21-7-3-4-8-26(18-21)40-32-29(31(34)35-20-36-32)30(37-40)22-9-14-27-23(17-22)19-39(33(27)42)25-12-10-24(11-13-25)38-15-5-6-16-38/h2,5-6,9-14,17,20-21,26H,1,3-4,7-8,15-16,18-19H2,(H2,34,35,36). The average molecular weight is 560 g/mol. The highest BCUT2D eigenvalue weighted by atomic mass is 16.2. The summed E-state index contributed by atoms with van der Waals surface area (Å²) in [4.78, 5) is 38.9. The van der Waals surface area contributed by atoms with Gasteiger partial charge in [-0.25, -0.2) is 14.6 Å². The van der Waals surface area contributed by atoms with E-state index in [0.717, 1.165) is 61.3 Å². The maximum absolute atomic E-state index is 13.4. The Morgan fingerprint density at radius 3 is 2.55 bits per heavy atom. The molecule has 1 fully saturated rings. The topological polar surface area (TPSA) is 110 Å². The van der Waals surface area contributed by atoms with Crippen molar-refractivity contribution in [3.05, 3.63) is 84.7 Å². The second kappa shape index (κ2) is 10.6. The molecule has 9 heteroatoms. The van der Waals surface area contributed by atoms with Crippen LogP contribution in [-0.4, -0.2) is 44.5 Å². The molecule has 2 aliphatic heterocycles. The molecule has 212 valence electrons. The van der Waals surface area contributed by atoms with Gasteiger partial charge in [0, 0.05) is 41.5 Å². The summed E-state index contributed by atoms with van der Waals surface area (Å²) < 4.78 is 1.94. The minimum absolute atomic E-state index is 0.0118. The summed E-state index contributed by atoms with van der Waals surface area (Å²) in [5, 5.41) is 5.76. The number of fused-ring (bicyclic) bond motifs is 2. The number of nitrogens with two attached hydrogens (primary N) is 1. The van der Waals surface area contributed by atoms with Gasteiger partial charge < -0.3 is 15.5 Å². The monoisotopic (exact) mass is 559 g/mol. The number of anilines is 3. The number of amides is 1. The van der Waals surface area contributed by atoms with Crippen LogP contribution in [0.25, 0.3) is 22.3 Å². The lowest BCUT2D eigenvalue weighted by atomic mass is 9.93. The van der Waals surface area contributed by atoms with Gasteiger partial charge in [0.1, 0.15) is 17.8 Å². The van der Waals surface area contributed by atoms with Crippen LogP contribution < -0.4 is 15.5 Å². The maximum atomic E-state index is 13.4. The van der Waals surface area contributed by atoms with Gasteiger partial charge in [-0.3, -0.25) is 9.59 Å². The first kappa shape index (κ1) is 26.1. The third-order valence-corrected chi connectivity index (χ3v) is 8.89. The lowest BCUT2D eigenvalue weighted by molar-refractivity contribution is -0.118. The van der Waals surface area contributed by atoms with E-state index in [4.69, 9.17) is 10.8 Å². The van der Waals surface area contributed by atoms with Crippen molar-refractivity contribution >= 4 is 39.9 Å². The number of nitrogens with zero attached hydrogens (tertiary/aromatic N) is 6. The zero-order valence-corrected chi connectivity index (χ0v) is 23.4. The van der Waals surface area contributed by atoms with Crippen molar-refractivity contribution < 1.29 is 9.59 Å². The second-order valence-electron chi connectivity index (χ2n) is 11.4. The molecule has 2 atom stereocenters. The largest absolute Gasteiger partial charge is 0.383 e. The van der Waals surface area contributed by atoms with Crippen molar-refractivity contribution in [2.75, 3.05) is 28.6 Å². The Hall–Kier alpha value is -4.79. The molecule has 9 nitrogen and oxygen atoms in total. The summed E-state index contributed by atoms with van der Waals surface area (Å²) in [5.74, 6) is 0.361. The van der Waals surface area contributed by atoms with E-state index in [1.165, 1.54) is 12.4 Å². The highest BCUT2D eigenvalue weighted by molar-refractivity contribution is 6.10. The molecule has 0 radical (unpaired) electrons. The van der Waals surface area contributed by atoms with Gasteiger partial charge in [-0.1, -0.05) is 37.6 Å². The Morgan fingerprint density at radius 1 is 1.00 bits per heavy atom. The van der Waals surface area contributed by atoms with Crippen LogP contribution in [0, 0.1) is 5.92 Å². The van der Waals surface area contributed by atoms with Gasteiger partial charge >= 0.3 is 0 Å². The van der Waals surface area contributed by atoms with E-state index in [2.05, 4.69) is 45.7 Å². The van der Waals surface area contributed by atoms with Gasteiger partial charge in [0.05, 0.1) is 18.0 Å². The van der Waals surface area contributed by atoms with Gasteiger partial charge in [-0.05, 0) is 67.3 Å². The molecular weight excluding hydrogens is 526 g/mol. The SMILES string of the molecule is C=CC(=O)C1CCCCC(n2nc(-c3ccc4c(c3)CN(c3ccc(N5CC=CC5)cc3)C4=O)c3c(N)ncnc32)C1. The number of carbonyl (C=O) groups excluding carboxylic acids is 2. The zero-order chi connectivity index (χ0) is 28.8. The fraction of sp³-hybridized carbons (Fsp3) is 0.303. The van der Waals surface area contributed by atoms with E-state index in [1.54, 1.807) is 0 Å². The third-order valence-electron chi connectivity index (χ3n) is 8.89. The van der Waals surface area contributed by atoms with Gasteiger partial charge in [0.25, 0.3) is 5.91 Å². The molecule has 3 aliphatic rings. The van der Waals surface area contributed by atoms with Gasteiger partial charge in [-0.15, -0.1) is 0 Å². The molecule has 1 saturated carbocycles. The predicted molar refractivity (Wildman–Crippen MR) is 164 cm³/mol. The number of aromatic nitrogens is 4. The van der Waals surface area contributed by atoms with Crippen LogP contribution in [0.15, 0.2) is 73.6 Å². The molecular formula is C33H33N7O2. The Morgan fingerprint density at radius 2 is 1.76 bits per heavy atom. The summed E-state index contributed by atoms with van der Waals surface area (Å²) >= 11 is 0. The Kier molecular flexibility index (Phi) is 6.57. The number of rotatable bonds is 6. The van der Waals surface area contributed by atoms with E-state index in [1.807, 2.05) is 39.9 Å². The van der Waals surface area contributed by atoms with Gasteiger partial charge in [0.15, 0.2) is 11.4 Å². The van der Waals surface area contributed by atoms with Crippen LogP contribution in [0.5, 0.6) is 0 Å². The number of hydrogen-bond acceptors (Lipinski definition) is 7. The molecule has 2 N–H and O–H groups in total. The molecule has 0 saturated heterocycles. The van der Waals surface area contributed by atoms with E-state index in [-0.39, 0.29) is 23.7 Å². The molecule has 1 amide bonds. The number of benzene rings is 2. The number of allylic oxidation sites excluding steroid dienone is 1. The summed E-state index contributed by atoms with van der Waals surface area (Å²) in [5.41, 5.74) is 12.3. The summed E-state index contributed by atoms with van der Waals surface area (Å²) in [7, 11) is 0. The molecule has 7 rings (SSSR count). The van der Waals surface area contributed by atoms with Crippen LogP contribution in [-0.2, 0) is 11.3 Å². The van der Waals surface area contributed by atoms with Crippen molar-refractivity contribution in [2.24, 2.45) is 5.92 Å².